The number of phosphoric ester groups is 1. The zero-order chi connectivity index (χ0) is 49.5. The van der Waals surface area contributed by atoms with Crippen LogP contribution in [0.15, 0.2) is 36.5 Å². The van der Waals surface area contributed by atoms with Crippen LogP contribution in [0.2, 0.25) is 0 Å². The van der Waals surface area contributed by atoms with Crippen molar-refractivity contribution in [3.05, 3.63) is 36.5 Å². The summed E-state index contributed by atoms with van der Waals surface area (Å²) in [5, 5.41) is 0. The Hall–Kier alpha value is -1.77. The van der Waals surface area contributed by atoms with Gasteiger partial charge < -0.3 is 20.1 Å². The van der Waals surface area contributed by atoms with E-state index >= 15 is 0 Å². The number of phosphoric acid groups is 1. The highest BCUT2D eigenvalue weighted by molar-refractivity contribution is 7.47. The molecule has 0 aliphatic carbocycles. The van der Waals surface area contributed by atoms with Crippen molar-refractivity contribution in [1.29, 1.82) is 0 Å². The van der Waals surface area contributed by atoms with Gasteiger partial charge in [-0.05, 0) is 51.4 Å². The lowest BCUT2D eigenvalue weighted by molar-refractivity contribution is -0.161. The lowest BCUT2D eigenvalue weighted by atomic mass is 10.0. The number of carbonyl (C=O) groups excluding carboxylic acids is 2. The van der Waals surface area contributed by atoms with Crippen molar-refractivity contribution >= 4 is 19.8 Å². The molecule has 0 spiro atoms. The van der Waals surface area contributed by atoms with Crippen LogP contribution in [0.3, 0.4) is 0 Å². The summed E-state index contributed by atoms with van der Waals surface area (Å²) in [7, 11) is -4.39. The summed E-state index contributed by atoms with van der Waals surface area (Å²) >= 11 is 0. The third kappa shape index (κ3) is 53.6. The van der Waals surface area contributed by atoms with Gasteiger partial charge in [-0.3, -0.25) is 18.6 Å². The molecule has 0 heterocycles. The summed E-state index contributed by atoms with van der Waals surface area (Å²) in [5.74, 6) is -0.829. The summed E-state index contributed by atoms with van der Waals surface area (Å²) < 4.78 is 33.0. The molecule has 2 atom stereocenters. The maximum Gasteiger partial charge on any atom is 0.472 e. The molecule has 9 nitrogen and oxygen atoms in total. The minimum absolute atomic E-state index is 0.0519. The van der Waals surface area contributed by atoms with Gasteiger partial charge in [0.05, 0.1) is 13.2 Å². The number of unbranched alkanes of at least 4 members (excludes halogenated alkanes) is 36. The molecular weight excluding hydrogens is 870 g/mol. The van der Waals surface area contributed by atoms with Crippen LogP contribution in [0.5, 0.6) is 0 Å². The second-order valence-corrected chi connectivity index (χ2v) is 21.0. The highest BCUT2D eigenvalue weighted by atomic mass is 31.2. The maximum atomic E-state index is 12.7. The van der Waals surface area contributed by atoms with Crippen LogP contribution in [0.25, 0.3) is 0 Å². The molecule has 68 heavy (non-hydrogen) atoms. The van der Waals surface area contributed by atoms with E-state index in [1.807, 2.05) is 0 Å². The third-order valence-electron chi connectivity index (χ3n) is 12.8. The molecule has 400 valence electrons. The van der Waals surface area contributed by atoms with E-state index in [1.54, 1.807) is 0 Å². The van der Waals surface area contributed by atoms with E-state index < -0.39 is 26.5 Å². The van der Waals surface area contributed by atoms with Crippen LogP contribution >= 0.6 is 7.82 Å². The number of esters is 2. The molecule has 0 aromatic heterocycles. The van der Waals surface area contributed by atoms with Crippen molar-refractivity contribution < 1.29 is 37.6 Å². The first-order valence-electron chi connectivity index (χ1n) is 29.0. The van der Waals surface area contributed by atoms with Gasteiger partial charge in [0.15, 0.2) is 6.10 Å². The number of ether oxygens (including phenoxy) is 2. The third-order valence-corrected chi connectivity index (χ3v) is 13.8. The van der Waals surface area contributed by atoms with Gasteiger partial charge in [0, 0.05) is 19.4 Å². The molecule has 0 aromatic rings. The van der Waals surface area contributed by atoms with Crippen LogP contribution in [-0.4, -0.2) is 49.3 Å². The van der Waals surface area contributed by atoms with E-state index in [-0.39, 0.29) is 38.6 Å². The van der Waals surface area contributed by atoms with Crippen molar-refractivity contribution in [1.82, 2.24) is 0 Å². The van der Waals surface area contributed by atoms with Gasteiger partial charge in [0.2, 0.25) is 0 Å². The van der Waals surface area contributed by atoms with Gasteiger partial charge in [-0.25, -0.2) is 4.57 Å². The Balaban J connectivity index is 3.96. The Morgan fingerprint density at radius 2 is 0.765 bits per heavy atom. The van der Waals surface area contributed by atoms with Gasteiger partial charge in [-0.2, -0.15) is 0 Å². The summed E-state index contributed by atoms with van der Waals surface area (Å²) in [4.78, 5) is 35.2. The summed E-state index contributed by atoms with van der Waals surface area (Å²) in [6.45, 7) is 3.76. The number of allylic oxidation sites excluding steroid dienone is 6. The molecule has 0 aliphatic rings. The summed E-state index contributed by atoms with van der Waals surface area (Å²) in [5.41, 5.74) is 5.38. The zero-order valence-corrected chi connectivity index (χ0v) is 45.5. The average Bonchev–Trinajstić information content (AvgIpc) is 3.33. The highest BCUT2D eigenvalue weighted by Crippen LogP contribution is 2.43. The number of hydrogen-bond donors (Lipinski definition) is 2. The Kier molecular flexibility index (Phi) is 53.1. The lowest BCUT2D eigenvalue weighted by Gasteiger charge is -2.19. The fraction of sp³-hybridized carbons (Fsp3) is 0.862. The first kappa shape index (κ1) is 66.2. The monoisotopic (exact) mass is 980 g/mol. The van der Waals surface area contributed by atoms with Crippen molar-refractivity contribution in [3.8, 4) is 0 Å². The van der Waals surface area contributed by atoms with E-state index in [4.69, 9.17) is 24.3 Å². The minimum atomic E-state index is -4.39. The predicted octanol–water partition coefficient (Wildman–Crippen LogP) is 18.0. The van der Waals surface area contributed by atoms with E-state index in [0.29, 0.717) is 6.42 Å². The van der Waals surface area contributed by atoms with Crippen molar-refractivity contribution in [2.24, 2.45) is 5.73 Å². The quantitative estimate of drug-likeness (QED) is 0.0264. The zero-order valence-electron chi connectivity index (χ0n) is 44.6. The van der Waals surface area contributed by atoms with Crippen molar-refractivity contribution in [2.45, 2.75) is 296 Å². The smallest absolute Gasteiger partial charge is 0.462 e. The first-order chi connectivity index (χ1) is 33.3. The lowest BCUT2D eigenvalue weighted by Crippen LogP contribution is -2.29. The summed E-state index contributed by atoms with van der Waals surface area (Å²) in [6, 6.07) is 0. The number of carbonyl (C=O) groups is 2. The molecule has 0 amide bonds. The number of hydrogen-bond acceptors (Lipinski definition) is 8. The van der Waals surface area contributed by atoms with Crippen LogP contribution in [0.4, 0.5) is 0 Å². The van der Waals surface area contributed by atoms with Crippen LogP contribution < -0.4 is 5.73 Å². The molecule has 0 bridgehead atoms. The molecule has 0 rings (SSSR count). The molecule has 10 heteroatoms. The molecule has 0 radical (unpaired) electrons. The van der Waals surface area contributed by atoms with Gasteiger partial charge in [0.25, 0.3) is 0 Å². The molecule has 2 unspecified atom stereocenters. The van der Waals surface area contributed by atoms with Gasteiger partial charge in [-0.15, -0.1) is 0 Å². The average molecular weight is 980 g/mol. The van der Waals surface area contributed by atoms with Gasteiger partial charge in [0.1, 0.15) is 6.61 Å². The molecule has 3 N–H and O–H groups in total. The molecule has 0 fully saturated rings. The fourth-order valence-electron chi connectivity index (χ4n) is 8.47. The Morgan fingerprint density at radius 1 is 0.441 bits per heavy atom. The van der Waals surface area contributed by atoms with Gasteiger partial charge in [-0.1, -0.05) is 262 Å². The SMILES string of the molecule is CCCCCCC/C=C\C/C=C\C/C=C\CCCCCCCCC(=O)OC(COC(=O)CCCCCCCCCCCCCCCCCCCCCCCCCCCC)COP(=O)(O)OCCN. The van der Waals surface area contributed by atoms with E-state index in [2.05, 4.69) is 50.3 Å². The summed E-state index contributed by atoms with van der Waals surface area (Å²) in [6.07, 6.45) is 64.9. The van der Waals surface area contributed by atoms with E-state index in [0.717, 1.165) is 70.6 Å². The molecule has 0 saturated heterocycles. The minimum Gasteiger partial charge on any atom is -0.462 e. The molecule has 0 aromatic carbocycles. The number of nitrogens with two attached hydrogens (primary N) is 1. The van der Waals surface area contributed by atoms with E-state index in [1.165, 1.54) is 186 Å². The predicted molar refractivity (Wildman–Crippen MR) is 289 cm³/mol. The number of rotatable bonds is 55. The maximum absolute atomic E-state index is 12.7. The molecular formula is C58H110NO8P. The second-order valence-electron chi connectivity index (χ2n) is 19.5. The Labute approximate surface area is 420 Å². The first-order valence-corrected chi connectivity index (χ1v) is 30.5. The Bertz CT molecular complexity index is 1210. The van der Waals surface area contributed by atoms with Crippen molar-refractivity contribution in [3.63, 3.8) is 0 Å². The molecule has 0 aliphatic heterocycles. The highest BCUT2D eigenvalue weighted by Gasteiger charge is 2.26. The second kappa shape index (κ2) is 54.6. The molecule has 0 saturated carbocycles. The van der Waals surface area contributed by atoms with E-state index in [9.17, 15) is 19.0 Å². The van der Waals surface area contributed by atoms with Crippen LogP contribution in [-0.2, 0) is 32.7 Å². The fourth-order valence-corrected chi connectivity index (χ4v) is 9.23. The van der Waals surface area contributed by atoms with Gasteiger partial charge >= 0.3 is 19.8 Å². The topological polar surface area (TPSA) is 134 Å². The Morgan fingerprint density at radius 3 is 1.13 bits per heavy atom. The van der Waals surface area contributed by atoms with Crippen LogP contribution in [0.1, 0.15) is 290 Å². The van der Waals surface area contributed by atoms with Crippen LogP contribution in [0, 0.1) is 0 Å². The standard InChI is InChI=1S/C58H110NO8P/c1-3-5-7-9-11-13-15-17-19-21-23-25-26-27-28-29-31-32-34-36-38-40-42-44-46-48-50-57(60)64-54-56(55-66-68(62,63)65-53-52-59)67-58(61)51-49-47-45-43-41-39-37-35-33-30-24-22-20-18-16-14-12-10-8-6-4-2/h16,18,22,24,33,35,56H,3-15,17,19-21,23,25-32,34,36-55,59H2,1-2H3,(H,62,63)/b18-16-,24-22-,35-33-. The largest absolute Gasteiger partial charge is 0.472 e. The van der Waals surface area contributed by atoms with Crippen molar-refractivity contribution in [2.75, 3.05) is 26.4 Å². The normalized spacial score (nSPS) is 13.3.